The van der Waals surface area contributed by atoms with Crippen molar-refractivity contribution in [3.05, 3.63) is 71.6 Å². The molecule has 2 aromatic carbocycles. The summed E-state index contributed by atoms with van der Waals surface area (Å²) in [4.78, 5) is 17.1. The Morgan fingerprint density at radius 2 is 2.03 bits per heavy atom. The molecule has 5 nitrogen and oxygen atoms in total. The standard InChI is InChI=1S/C25H24N2O3/c1-5-29-24-17(4)25-20(16(3)14-30-25)13-19(24)15(2)12-23(28)27-22-10-6-9-21-18(22)8-7-11-26-21/h6-14H,5H2,1-4H3,(H,27,28)/b15-12+. The number of pyridine rings is 1. The highest BCUT2D eigenvalue weighted by Gasteiger charge is 2.17. The van der Waals surface area contributed by atoms with Crippen LogP contribution < -0.4 is 10.1 Å². The van der Waals surface area contributed by atoms with E-state index in [1.807, 2.05) is 64.1 Å². The van der Waals surface area contributed by atoms with Crippen LogP contribution in [0.2, 0.25) is 0 Å². The van der Waals surface area contributed by atoms with Crippen LogP contribution in [0.4, 0.5) is 5.69 Å². The van der Waals surface area contributed by atoms with E-state index in [1.54, 1.807) is 18.5 Å². The highest BCUT2D eigenvalue weighted by Crippen LogP contribution is 2.37. The molecule has 2 heterocycles. The average molecular weight is 400 g/mol. The number of amides is 1. The molecule has 152 valence electrons. The minimum Gasteiger partial charge on any atom is -0.493 e. The lowest BCUT2D eigenvalue weighted by Crippen LogP contribution is -2.09. The lowest BCUT2D eigenvalue weighted by Gasteiger charge is -2.15. The summed E-state index contributed by atoms with van der Waals surface area (Å²) in [5, 5.41) is 4.91. The molecule has 2 aromatic heterocycles. The van der Waals surface area contributed by atoms with E-state index < -0.39 is 0 Å². The molecule has 0 radical (unpaired) electrons. The molecule has 0 saturated carbocycles. The van der Waals surface area contributed by atoms with Crippen LogP contribution in [-0.2, 0) is 4.79 Å². The van der Waals surface area contributed by atoms with Gasteiger partial charge in [0.25, 0.3) is 0 Å². The zero-order valence-corrected chi connectivity index (χ0v) is 17.6. The zero-order valence-electron chi connectivity index (χ0n) is 17.6. The van der Waals surface area contributed by atoms with Crippen molar-refractivity contribution in [2.24, 2.45) is 0 Å². The molecule has 0 aliphatic heterocycles. The Morgan fingerprint density at radius 1 is 1.20 bits per heavy atom. The Hall–Kier alpha value is -3.60. The zero-order chi connectivity index (χ0) is 21.3. The molecule has 30 heavy (non-hydrogen) atoms. The van der Waals surface area contributed by atoms with E-state index in [4.69, 9.17) is 9.15 Å². The van der Waals surface area contributed by atoms with Gasteiger partial charge < -0.3 is 14.5 Å². The SMILES string of the molecule is CCOc1c(/C(C)=C/C(=O)Nc2cccc3ncccc23)cc2c(C)coc2c1C. The first-order chi connectivity index (χ1) is 14.5. The van der Waals surface area contributed by atoms with E-state index in [0.29, 0.717) is 6.61 Å². The molecule has 4 rings (SSSR count). The number of carbonyl (C=O) groups excluding carboxylic acids is 1. The molecule has 5 heteroatoms. The number of hydrogen-bond acceptors (Lipinski definition) is 4. The van der Waals surface area contributed by atoms with Crippen molar-refractivity contribution < 1.29 is 13.9 Å². The number of furan rings is 1. The van der Waals surface area contributed by atoms with Crippen LogP contribution in [0.15, 0.2) is 59.4 Å². The fourth-order valence-corrected chi connectivity index (χ4v) is 3.72. The predicted octanol–water partition coefficient (Wildman–Crippen LogP) is 6.04. The van der Waals surface area contributed by atoms with Gasteiger partial charge in [0.1, 0.15) is 11.3 Å². The van der Waals surface area contributed by atoms with Gasteiger partial charge in [-0.1, -0.05) is 6.07 Å². The van der Waals surface area contributed by atoms with Crippen LogP contribution in [0.25, 0.3) is 27.4 Å². The summed E-state index contributed by atoms with van der Waals surface area (Å²) in [5.74, 6) is 0.545. The van der Waals surface area contributed by atoms with E-state index in [1.165, 1.54) is 0 Å². The molecule has 0 fully saturated rings. The molecule has 0 bridgehead atoms. The molecule has 0 unspecified atom stereocenters. The van der Waals surface area contributed by atoms with E-state index in [-0.39, 0.29) is 5.91 Å². The summed E-state index contributed by atoms with van der Waals surface area (Å²) in [6.07, 6.45) is 5.09. The molecule has 0 atom stereocenters. The largest absolute Gasteiger partial charge is 0.493 e. The topological polar surface area (TPSA) is 64.4 Å². The Morgan fingerprint density at radius 3 is 2.83 bits per heavy atom. The van der Waals surface area contributed by atoms with Crippen molar-refractivity contribution in [1.29, 1.82) is 0 Å². The van der Waals surface area contributed by atoms with E-state index in [0.717, 1.165) is 55.6 Å². The summed E-state index contributed by atoms with van der Waals surface area (Å²) in [7, 11) is 0. The minimum atomic E-state index is -0.201. The van der Waals surface area contributed by atoms with Gasteiger partial charge >= 0.3 is 0 Å². The lowest BCUT2D eigenvalue weighted by atomic mass is 9.98. The Labute approximate surface area is 175 Å². The summed E-state index contributed by atoms with van der Waals surface area (Å²) >= 11 is 0. The van der Waals surface area contributed by atoms with Crippen LogP contribution in [-0.4, -0.2) is 17.5 Å². The van der Waals surface area contributed by atoms with Crippen LogP contribution in [0.1, 0.15) is 30.5 Å². The highest BCUT2D eigenvalue weighted by molar-refractivity contribution is 6.08. The first kappa shape index (κ1) is 19.7. The predicted molar refractivity (Wildman–Crippen MR) is 121 cm³/mol. The first-order valence-electron chi connectivity index (χ1n) is 9.97. The van der Waals surface area contributed by atoms with E-state index in [2.05, 4.69) is 10.3 Å². The number of nitrogens with one attached hydrogen (secondary N) is 1. The van der Waals surface area contributed by atoms with Crippen molar-refractivity contribution in [3.63, 3.8) is 0 Å². The van der Waals surface area contributed by atoms with E-state index in [9.17, 15) is 4.79 Å². The second-order valence-corrected chi connectivity index (χ2v) is 7.30. The van der Waals surface area contributed by atoms with Gasteiger partial charge in [-0.2, -0.15) is 0 Å². The molecule has 4 aromatic rings. The fourth-order valence-electron chi connectivity index (χ4n) is 3.72. The molecule has 0 spiro atoms. The Kier molecular flexibility index (Phi) is 5.27. The van der Waals surface area contributed by atoms with Gasteiger partial charge in [-0.15, -0.1) is 0 Å². The number of fused-ring (bicyclic) bond motifs is 2. The maximum Gasteiger partial charge on any atom is 0.248 e. The van der Waals surface area contributed by atoms with Gasteiger partial charge in [-0.3, -0.25) is 9.78 Å². The van der Waals surface area contributed by atoms with Crippen molar-refractivity contribution in [3.8, 4) is 5.75 Å². The number of hydrogen-bond donors (Lipinski definition) is 1. The number of ether oxygens (including phenoxy) is 1. The van der Waals surface area contributed by atoms with Crippen molar-refractivity contribution in [2.45, 2.75) is 27.7 Å². The van der Waals surface area contributed by atoms with Gasteiger partial charge in [0.15, 0.2) is 0 Å². The summed E-state index contributed by atoms with van der Waals surface area (Å²) in [6, 6.07) is 11.5. The second kappa shape index (κ2) is 8.03. The molecular formula is C25H24N2O3. The number of nitrogens with zero attached hydrogens (tertiary/aromatic N) is 1. The van der Waals surface area contributed by atoms with Gasteiger partial charge in [-0.05, 0) is 69.2 Å². The normalized spacial score (nSPS) is 11.8. The molecule has 0 saturated heterocycles. The monoisotopic (exact) mass is 400 g/mol. The lowest BCUT2D eigenvalue weighted by molar-refractivity contribution is -0.111. The van der Waals surface area contributed by atoms with Crippen molar-refractivity contribution >= 4 is 39.0 Å². The Bertz CT molecular complexity index is 1280. The summed E-state index contributed by atoms with van der Waals surface area (Å²) in [5.41, 5.74) is 6.09. The number of carbonyl (C=O) groups is 1. The second-order valence-electron chi connectivity index (χ2n) is 7.30. The fraction of sp³-hybridized carbons (Fsp3) is 0.200. The molecule has 0 aliphatic rings. The van der Waals surface area contributed by atoms with Gasteiger partial charge in [0, 0.05) is 34.2 Å². The highest BCUT2D eigenvalue weighted by atomic mass is 16.5. The van der Waals surface area contributed by atoms with Gasteiger partial charge in [0.2, 0.25) is 5.91 Å². The van der Waals surface area contributed by atoms with Gasteiger partial charge in [-0.25, -0.2) is 0 Å². The molecule has 0 aliphatic carbocycles. The molecule has 1 amide bonds. The average Bonchev–Trinajstić information content (AvgIpc) is 3.11. The van der Waals surface area contributed by atoms with E-state index >= 15 is 0 Å². The third-order valence-corrected chi connectivity index (χ3v) is 5.20. The number of aromatic nitrogens is 1. The number of rotatable bonds is 5. The third kappa shape index (κ3) is 3.54. The number of aryl methyl sites for hydroxylation is 2. The smallest absolute Gasteiger partial charge is 0.248 e. The van der Waals surface area contributed by atoms with Crippen LogP contribution >= 0.6 is 0 Å². The number of allylic oxidation sites excluding steroid dienone is 1. The van der Waals surface area contributed by atoms with Gasteiger partial charge in [0.05, 0.1) is 24.1 Å². The Balaban J connectivity index is 1.72. The number of anilines is 1. The number of benzene rings is 2. The summed E-state index contributed by atoms with van der Waals surface area (Å²) in [6.45, 7) is 8.39. The molecule has 1 N–H and O–H groups in total. The third-order valence-electron chi connectivity index (χ3n) is 5.20. The van der Waals surface area contributed by atoms with Crippen LogP contribution in [0.3, 0.4) is 0 Å². The van der Waals surface area contributed by atoms with Crippen LogP contribution in [0, 0.1) is 13.8 Å². The first-order valence-corrected chi connectivity index (χ1v) is 9.97. The quantitative estimate of drug-likeness (QED) is 0.415. The minimum absolute atomic E-state index is 0.201. The maximum absolute atomic E-state index is 12.8. The van der Waals surface area contributed by atoms with Crippen LogP contribution in [0.5, 0.6) is 5.75 Å². The molecular weight excluding hydrogens is 376 g/mol. The van der Waals surface area contributed by atoms with Crippen molar-refractivity contribution in [2.75, 3.05) is 11.9 Å². The summed E-state index contributed by atoms with van der Waals surface area (Å²) < 4.78 is 11.6. The van der Waals surface area contributed by atoms with Crippen molar-refractivity contribution in [1.82, 2.24) is 4.98 Å². The maximum atomic E-state index is 12.8.